The molecule has 0 amide bonds. The standard InChI is InChI=1S/C14H20FN/c1-14(2,3)16-9-10-7-8-12-11(10)5-4-6-13(12)15/h4-6,10,16H,7-9H2,1-3H3. The fraction of sp³-hybridized carbons (Fsp3) is 0.571. The van der Waals surface area contributed by atoms with E-state index in [9.17, 15) is 4.39 Å². The Morgan fingerprint density at radius 1 is 1.38 bits per heavy atom. The monoisotopic (exact) mass is 221 g/mol. The van der Waals surface area contributed by atoms with Gasteiger partial charge in [0, 0.05) is 12.1 Å². The van der Waals surface area contributed by atoms with Gasteiger partial charge in [0.2, 0.25) is 0 Å². The summed E-state index contributed by atoms with van der Waals surface area (Å²) in [6.45, 7) is 7.43. The van der Waals surface area contributed by atoms with E-state index in [4.69, 9.17) is 0 Å². The first-order valence-electron chi connectivity index (χ1n) is 6.00. The molecule has 1 aromatic rings. The highest BCUT2D eigenvalue weighted by molar-refractivity contribution is 5.36. The second-order valence-corrected chi connectivity index (χ2v) is 5.67. The smallest absolute Gasteiger partial charge is 0.126 e. The molecule has 16 heavy (non-hydrogen) atoms. The van der Waals surface area contributed by atoms with Gasteiger partial charge in [0.05, 0.1) is 0 Å². The molecule has 0 aliphatic heterocycles. The van der Waals surface area contributed by atoms with E-state index in [-0.39, 0.29) is 11.4 Å². The number of benzene rings is 1. The number of hydrogen-bond acceptors (Lipinski definition) is 1. The van der Waals surface area contributed by atoms with Gasteiger partial charge in [-0.25, -0.2) is 4.39 Å². The molecule has 0 saturated carbocycles. The minimum atomic E-state index is -0.0317. The van der Waals surface area contributed by atoms with E-state index in [0.29, 0.717) is 5.92 Å². The summed E-state index contributed by atoms with van der Waals surface area (Å²) in [6.07, 6.45) is 1.96. The summed E-state index contributed by atoms with van der Waals surface area (Å²) in [6, 6.07) is 5.46. The van der Waals surface area contributed by atoms with Crippen LogP contribution in [0.4, 0.5) is 4.39 Å². The molecule has 2 rings (SSSR count). The third-order valence-electron chi connectivity index (χ3n) is 3.22. The van der Waals surface area contributed by atoms with Crippen molar-refractivity contribution in [1.29, 1.82) is 0 Å². The van der Waals surface area contributed by atoms with Crippen LogP contribution in [0.5, 0.6) is 0 Å². The molecule has 1 aromatic carbocycles. The summed E-state index contributed by atoms with van der Waals surface area (Å²) in [5.41, 5.74) is 2.27. The average Bonchev–Trinajstić information content (AvgIpc) is 2.58. The van der Waals surface area contributed by atoms with Crippen molar-refractivity contribution < 1.29 is 4.39 Å². The molecule has 0 fully saturated rings. The molecule has 2 heteroatoms. The summed E-state index contributed by atoms with van der Waals surface area (Å²) in [4.78, 5) is 0. The molecule has 1 atom stereocenters. The van der Waals surface area contributed by atoms with Crippen LogP contribution < -0.4 is 5.32 Å². The maximum Gasteiger partial charge on any atom is 0.126 e. The maximum absolute atomic E-state index is 13.5. The lowest BCUT2D eigenvalue weighted by atomic mass is 9.99. The molecule has 1 aliphatic carbocycles. The van der Waals surface area contributed by atoms with Gasteiger partial charge in [-0.05, 0) is 56.7 Å². The third-order valence-corrected chi connectivity index (χ3v) is 3.22. The molecule has 88 valence electrons. The minimum Gasteiger partial charge on any atom is -0.311 e. The van der Waals surface area contributed by atoms with Crippen molar-refractivity contribution in [3.63, 3.8) is 0 Å². The van der Waals surface area contributed by atoms with E-state index in [2.05, 4.69) is 32.2 Å². The average molecular weight is 221 g/mol. The van der Waals surface area contributed by atoms with Gasteiger partial charge in [0.15, 0.2) is 0 Å². The van der Waals surface area contributed by atoms with Crippen molar-refractivity contribution in [3.8, 4) is 0 Å². The van der Waals surface area contributed by atoms with Gasteiger partial charge in [-0.3, -0.25) is 0 Å². The van der Waals surface area contributed by atoms with E-state index in [0.717, 1.165) is 24.9 Å². The summed E-state index contributed by atoms with van der Waals surface area (Å²) < 4.78 is 13.5. The second kappa shape index (κ2) is 4.17. The highest BCUT2D eigenvalue weighted by atomic mass is 19.1. The van der Waals surface area contributed by atoms with E-state index in [1.807, 2.05) is 6.07 Å². The van der Waals surface area contributed by atoms with Crippen LogP contribution in [0, 0.1) is 5.82 Å². The van der Waals surface area contributed by atoms with Gasteiger partial charge in [-0.15, -0.1) is 0 Å². The second-order valence-electron chi connectivity index (χ2n) is 5.67. The van der Waals surface area contributed by atoms with E-state index < -0.39 is 0 Å². The lowest BCUT2D eigenvalue weighted by molar-refractivity contribution is 0.405. The Morgan fingerprint density at radius 2 is 2.12 bits per heavy atom. The number of fused-ring (bicyclic) bond motifs is 1. The van der Waals surface area contributed by atoms with Crippen LogP contribution in [0.15, 0.2) is 18.2 Å². The third kappa shape index (κ3) is 2.43. The SMILES string of the molecule is CC(C)(C)NCC1CCc2c(F)cccc21. The van der Waals surface area contributed by atoms with Crippen LogP contribution in [-0.4, -0.2) is 12.1 Å². The van der Waals surface area contributed by atoms with Crippen molar-refractivity contribution >= 4 is 0 Å². The van der Waals surface area contributed by atoms with Gasteiger partial charge < -0.3 is 5.32 Å². The molecule has 1 nitrogen and oxygen atoms in total. The largest absolute Gasteiger partial charge is 0.311 e. The molecule has 1 N–H and O–H groups in total. The molecule has 0 saturated heterocycles. The van der Waals surface area contributed by atoms with Crippen LogP contribution in [-0.2, 0) is 6.42 Å². The van der Waals surface area contributed by atoms with Crippen molar-refractivity contribution in [2.45, 2.75) is 45.1 Å². The number of halogens is 1. The van der Waals surface area contributed by atoms with Crippen molar-refractivity contribution in [1.82, 2.24) is 5.32 Å². The maximum atomic E-state index is 13.5. The predicted octanol–water partition coefficient (Wildman–Crippen LogP) is 3.24. The molecular formula is C14H20FN. The van der Waals surface area contributed by atoms with Crippen LogP contribution in [0.1, 0.15) is 44.2 Å². The lowest BCUT2D eigenvalue weighted by Gasteiger charge is -2.23. The molecule has 0 aromatic heterocycles. The summed E-state index contributed by atoms with van der Waals surface area (Å²) in [7, 11) is 0. The highest BCUT2D eigenvalue weighted by Crippen LogP contribution is 2.34. The first-order valence-corrected chi connectivity index (χ1v) is 6.00. The quantitative estimate of drug-likeness (QED) is 0.808. The lowest BCUT2D eigenvalue weighted by Crippen LogP contribution is -2.38. The van der Waals surface area contributed by atoms with Crippen molar-refractivity contribution in [3.05, 3.63) is 35.1 Å². The zero-order valence-electron chi connectivity index (χ0n) is 10.3. The van der Waals surface area contributed by atoms with Gasteiger partial charge in [-0.2, -0.15) is 0 Å². The first kappa shape index (κ1) is 11.6. The van der Waals surface area contributed by atoms with Crippen molar-refractivity contribution in [2.75, 3.05) is 6.54 Å². The molecule has 0 heterocycles. The zero-order chi connectivity index (χ0) is 11.8. The van der Waals surface area contributed by atoms with E-state index in [1.165, 1.54) is 5.56 Å². The molecule has 1 aliphatic rings. The van der Waals surface area contributed by atoms with Crippen LogP contribution in [0.2, 0.25) is 0 Å². The van der Waals surface area contributed by atoms with Gasteiger partial charge in [-0.1, -0.05) is 12.1 Å². The fourth-order valence-electron chi connectivity index (χ4n) is 2.34. The Labute approximate surface area is 97.1 Å². The number of hydrogen-bond donors (Lipinski definition) is 1. The Hall–Kier alpha value is -0.890. The minimum absolute atomic E-state index is 0.0317. The van der Waals surface area contributed by atoms with Crippen LogP contribution >= 0.6 is 0 Å². The molecule has 0 spiro atoms. The first-order chi connectivity index (χ1) is 7.47. The molecular weight excluding hydrogens is 201 g/mol. The van der Waals surface area contributed by atoms with Crippen molar-refractivity contribution in [2.24, 2.45) is 0 Å². The molecule has 0 bridgehead atoms. The van der Waals surface area contributed by atoms with E-state index in [1.54, 1.807) is 6.07 Å². The number of nitrogens with one attached hydrogen (secondary N) is 1. The van der Waals surface area contributed by atoms with Gasteiger partial charge in [0.1, 0.15) is 5.82 Å². The van der Waals surface area contributed by atoms with Crippen LogP contribution in [0.3, 0.4) is 0 Å². The van der Waals surface area contributed by atoms with Gasteiger partial charge in [0.25, 0.3) is 0 Å². The number of rotatable bonds is 2. The zero-order valence-corrected chi connectivity index (χ0v) is 10.3. The van der Waals surface area contributed by atoms with Crippen LogP contribution in [0.25, 0.3) is 0 Å². The summed E-state index contributed by atoms with van der Waals surface area (Å²) in [5, 5.41) is 3.50. The Bertz CT molecular complexity index is 379. The van der Waals surface area contributed by atoms with Gasteiger partial charge >= 0.3 is 0 Å². The summed E-state index contributed by atoms with van der Waals surface area (Å²) >= 11 is 0. The Morgan fingerprint density at radius 3 is 2.81 bits per heavy atom. The van der Waals surface area contributed by atoms with E-state index >= 15 is 0 Å². The highest BCUT2D eigenvalue weighted by Gasteiger charge is 2.25. The molecule has 1 unspecified atom stereocenters. The fourth-order valence-corrected chi connectivity index (χ4v) is 2.34. The topological polar surface area (TPSA) is 12.0 Å². The summed E-state index contributed by atoms with van der Waals surface area (Å²) in [5.74, 6) is 0.445. The predicted molar refractivity (Wildman–Crippen MR) is 65.2 cm³/mol. The Kier molecular flexibility index (Phi) is 3.02. The normalized spacial score (nSPS) is 19.9. The molecule has 0 radical (unpaired) electrons. The Balaban J connectivity index is 2.09.